The van der Waals surface area contributed by atoms with E-state index in [0.717, 1.165) is 5.52 Å². The smallest absolute Gasteiger partial charge is 0.250 e. The van der Waals surface area contributed by atoms with Crippen molar-refractivity contribution in [1.82, 2.24) is 25.2 Å². The van der Waals surface area contributed by atoms with Gasteiger partial charge in [0.05, 0.1) is 31.2 Å². The number of benzene rings is 1. The van der Waals surface area contributed by atoms with Gasteiger partial charge in [0.1, 0.15) is 23.6 Å². The molecule has 166 valence electrons. The molecule has 0 radical (unpaired) electrons. The van der Waals surface area contributed by atoms with E-state index in [-0.39, 0.29) is 24.9 Å². The van der Waals surface area contributed by atoms with Crippen molar-refractivity contribution >= 4 is 22.8 Å². The van der Waals surface area contributed by atoms with E-state index in [1.165, 1.54) is 22.1 Å². The molecule has 0 fully saturated rings. The minimum absolute atomic E-state index is 0.0710. The van der Waals surface area contributed by atoms with E-state index in [1.807, 2.05) is 24.3 Å². The molecule has 1 atom stereocenters. The van der Waals surface area contributed by atoms with Crippen LogP contribution in [0.2, 0.25) is 0 Å². The van der Waals surface area contributed by atoms with Crippen LogP contribution in [0.15, 0.2) is 69.9 Å². The second kappa shape index (κ2) is 9.92. The number of hydrogen-bond donors (Lipinski definition) is 1. The molecule has 3 heterocycles. The van der Waals surface area contributed by atoms with Crippen molar-refractivity contribution in [1.29, 1.82) is 0 Å². The first kappa shape index (κ1) is 21.3. The molecule has 0 unspecified atom stereocenters. The lowest BCUT2D eigenvalue weighted by Crippen LogP contribution is -2.45. The van der Waals surface area contributed by atoms with Crippen LogP contribution in [0.25, 0.3) is 11.0 Å². The molecule has 3 aromatic heterocycles. The molecule has 0 bridgehead atoms. The molecule has 10 heteroatoms. The highest BCUT2D eigenvalue weighted by atomic mass is 16.5. The van der Waals surface area contributed by atoms with Gasteiger partial charge in [-0.3, -0.25) is 9.59 Å². The van der Waals surface area contributed by atoms with Gasteiger partial charge in [-0.1, -0.05) is 17.3 Å². The maximum absolute atomic E-state index is 13.5. The lowest BCUT2D eigenvalue weighted by molar-refractivity contribution is -0.143. The molecule has 0 aliphatic heterocycles. The number of fused-ring (bicyclic) bond motifs is 1. The predicted octanol–water partition coefficient (Wildman–Crippen LogP) is 2.15. The van der Waals surface area contributed by atoms with Gasteiger partial charge in [-0.2, -0.15) is 0 Å². The fourth-order valence-electron chi connectivity index (χ4n) is 3.39. The molecule has 0 aliphatic carbocycles. The third-order valence-corrected chi connectivity index (χ3v) is 4.91. The van der Waals surface area contributed by atoms with Crippen LogP contribution in [-0.2, 0) is 27.4 Å². The van der Waals surface area contributed by atoms with E-state index >= 15 is 0 Å². The van der Waals surface area contributed by atoms with Crippen molar-refractivity contribution in [3.05, 3.63) is 72.6 Å². The number of nitrogens with zero attached hydrogens (tertiary/aromatic N) is 4. The molecule has 2 amide bonds. The van der Waals surface area contributed by atoms with Crippen LogP contribution in [0, 0.1) is 0 Å². The molecule has 0 saturated carbocycles. The van der Waals surface area contributed by atoms with Crippen LogP contribution in [0.5, 0.6) is 0 Å². The summed E-state index contributed by atoms with van der Waals surface area (Å²) < 4.78 is 17.5. The Morgan fingerprint density at radius 3 is 2.69 bits per heavy atom. The van der Waals surface area contributed by atoms with Crippen LogP contribution in [0.4, 0.5) is 0 Å². The summed E-state index contributed by atoms with van der Waals surface area (Å²) in [4.78, 5) is 28.0. The Morgan fingerprint density at radius 2 is 1.94 bits per heavy atom. The van der Waals surface area contributed by atoms with Crippen LogP contribution in [0.1, 0.15) is 17.6 Å². The van der Waals surface area contributed by atoms with Gasteiger partial charge < -0.3 is 23.8 Å². The molecule has 4 rings (SSSR count). The van der Waals surface area contributed by atoms with Crippen molar-refractivity contribution in [2.75, 3.05) is 20.3 Å². The maximum Gasteiger partial charge on any atom is 0.250 e. The topological polar surface area (TPSA) is 116 Å². The predicted molar refractivity (Wildman–Crippen MR) is 113 cm³/mol. The number of para-hydroxylation sites is 1. The molecule has 10 nitrogen and oxygen atoms in total. The molecular weight excluding hydrogens is 414 g/mol. The summed E-state index contributed by atoms with van der Waals surface area (Å²) in [6.45, 7) is 0.599. The number of carbonyl (C=O) groups is 2. The van der Waals surface area contributed by atoms with Crippen molar-refractivity contribution in [3.63, 3.8) is 0 Å². The number of aromatic nitrogens is 3. The Kier molecular flexibility index (Phi) is 6.61. The Balaban J connectivity index is 1.65. The van der Waals surface area contributed by atoms with E-state index in [4.69, 9.17) is 13.6 Å². The van der Waals surface area contributed by atoms with Gasteiger partial charge in [-0.05, 0) is 36.4 Å². The number of furan rings is 2. The third-order valence-electron chi connectivity index (χ3n) is 4.91. The van der Waals surface area contributed by atoms with Crippen LogP contribution in [-0.4, -0.2) is 52.0 Å². The number of carbonyl (C=O) groups excluding carboxylic acids is 2. The zero-order valence-corrected chi connectivity index (χ0v) is 17.5. The minimum Gasteiger partial charge on any atom is -0.467 e. The first-order valence-corrected chi connectivity index (χ1v) is 10.1. The SMILES string of the molecule is COCCNC(=O)[C@H](c1ccco1)N(Cc1ccco1)C(=O)Cn1nnc2ccccc21. The largest absolute Gasteiger partial charge is 0.467 e. The average Bonchev–Trinajstić information content (AvgIpc) is 3.57. The van der Waals surface area contributed by atoms with Crippen LogP contribution < -0.4 is 5.32 Å². The van der Waals surface area contributed by atoms with Crippen molar-refractivity contribution in [2.24, 2.45) is 0 Å². The highest BCUT2D eigenvalue weighted by Crippen LogP contribution is 2.25. The fraction of sp³-hybridized carbons (Fsp3) is 0.273. The second-order valence-electron chi connectivity index (χ2n) is 7.04. The number of nitrogens with one attached hydrogen (secondary N) is 1. The van der Waals surface area contributed by atoms with Crippen molar-refractivity contribution in [2.45, 2.75) is 19.1 Å². The summed E-state index contributed by atoms with van der Waals surface area (Å²) >= 11 is 0. The van der Waals surface area contributed by atoms with Crippen LogP contribution in [0.3, 0.4) is 0 Å². The summed E-state index contributed by atoms with van der Waals surface area (Å²) in [6.07, 6.45) is 2.98. The number of hydrogen-bond acceptors (Lipinski definition) is 7. The third kappa shape index (κ3) is 4.70. The summed E-state index contributed by atoms with van der Waals surface area (Å²) in [5, 5.41) is 11.0. The molecule has 32 heavy (non-hydrogen) atoms. The highest BCUT2D eigenvalue weighted by molar-refractivity contribution is 5.88. The van der Waals surface area contributed by atoms with Crippen molar-refractivity contribution < 1.29 is 23.2 Å². The average molecular weight is 437 g/mol. The Hall–Kier alpha value is -3.92. The second-order valence-corrected chi connectivity index (χ2v) is 7.04. The molecule has 0 spiro atoms. The first-order chi connectivity index (χ1) is 15.7. The first-order valence-electron chi connectivity index (χ1n) is 10.1. The van der Waals surface area contributed by atoms with Gasteiger partial charge in [0, 0.05) is 13.7 Å². The van der Waals surface area contributed by atoms with Crippen LogP contribution >= 0.6 is 0 Å². The molecular formula is C22H23N5O5. The van der Waals surface area contributed by atoms with E-state index in [9.17, 15) is 9.59 Å². The quantitative estimate of drug-likeness (QED) is 0.378. The van der Waals surface area contributed by atoms with E-state index in [0.29, 0.717) is 30.2 Å². The summed E-state index contributed by atoms with van der Waals surface area (Å²) in [5.74, 6) is 0.131. The molecule has 1 aromatic carbocycles. The van der Waals surface area contributed by atoms with Gasteiger partial charge in [0.25, 0.3) is 5.91 Å². The summed E-state index contributed by atoms with van der Waals surface area (Å²) in [6, 6.07) is 13.1. The van der Waals surface area contributed by atoms with Gasteiger partial charge in [-0.15, -0.1) is 5.10 Å². The molecule has 0 saturated heterocycles. The standard InChI is InChI=1S/C22H23N5O5/c1-30-13-10-23-22(29)21(19-9-5-12-32-19)26(14-16-6-4-11-31-16)20(28)15-27-18-8-3-2-7-17(18)24-25-27/h2-9,11-12,21H,10,13-15H2,1H3,(H,23,29)/t21-/m0/s1. The normalized spacial score (nSPS) is 12.0. The zero-order valence-electron chi connectivity index (χ0n) is 17.5. The number of rotatable bonds is 10. The van der Waals surface area contributed by atoms with Gasteiger partial charge in [-0.25, -0.2) is 4.68 Å². The zero-order chi connectivity index (χ0) is 22.3. The Bertz CT molecular complexity index is 1150. The molecule has 0 aliphatic rings. The fourth-order valence-corrected chi connectivity index (χ4v) is 3.39. The lowest BCUT2D eigenvalue weighted by atomic mass is 10.1. The molecule has 4 aromatic rings. The monoisotopic (exact) mass is 437 g/mol. The maximum atomic E-state index is 13.5. The van der Waals surface area contributed by atoms with Gasteiger partial charge in [0.15, 0.2) is 6.04 Å². The number of amides is 2. The minimum atomic E-state index is -1.01. The van der Waals surface area contributed by atoms with Gasteiger partial charge >= 0.3 is 0 Å². The Labute approximate surface area is 183 Å². The summed E-state index contributed by atoms with van der Waals surface area (Å²) in [5.41, 5.74) is 1.40. The van der Waals surface area contributed by atoms with E-state index < -0.39 is 6.04 Å². The Morgan fingerprint density at radius 1 is 1.12 bits per heavy atom. The lowest BCUT2D eigenvalue weighted by Gasteiger charge is -2.29. The number of methoxy groups -OCH3 is 1. The van der Waals surface area contributed by atoms with Gasteiger partial charge in [0.2, 0.25) is 5.91 Å². The van der Waals surface area contributed by atoms with Crippen molar-refractivity contribution in [3.8, 4) is 0 Å². The van der Waals surface area contributed by atoms with E-state index in [2.05, 4.69) is 15.6 Å². The van der Waals surface area contributed by atoms with E-state index in [1.54, 1.807) is 31.4 Å². The highest BCUT2D eigenvalue weighted by Gasteiger charge is 2.34. The molecule has 1 N–H and O–H groups in total. The summed E-state index contributed by atoms with van der Waals surface area (Å²) in [7, 11) is 1.55. The number of ether oxygens (including phenoxy) is 1.